The number of carbonyl (C=O) groups excluding carboxylic acids is 1. The smallest absolute Gasteiger partial charge is 0.317 e. The van der Waals surface area contributed by atoms with Gasteiger partial charge in [-0.05, 0) is 30.4 Å². The fourth-order valence-corrected chi connectivity index (χ4v) is 5.48. The van der Waals surface area contributed by atoms with Crippen molar-refractivity contribution in [3.05, 3.63) is 29.8 Å². The zero-order valence-electron chi connectivity index (χ0n) is 12.8. The number of aliphatic carboxylic acids is 1. The Morgan fingerprint density at radius 2 is 2.17 bits per heavy atom. The predicted molar refractivity (Wildman–Crippen MR) is 87.4 cm³/mol. The third-order valence-corrected chi connectivity index (χ3v) is 6.76. The SMILES string of the molecule is O=C(NC1CSc2ccccc21)N1C[C@@H]2CCC[C@@]2(C(=O)O)C1. The highest BCUT2D eigenvalue weighted by Crippen LogP contribution is 2.49. The Morgan fingerprint density at radius 1 is 1.35 bits per heavy atom. The first-order valence-corrected chi connectivity index (χ1v) is 9.09. The Balaban J connectivity index is 1.46. The molecule has 0 spiro atoms. The molecule has 2 amide bonds. The molecule has 2 heterocycles. The zero-order valence-corrected chi connectivity index (χ0v) is 13.6. The van der Waals surface area contributed by atoms with Crippen LogP contribution in [0.5, 0.6) is 0 Å². The van der Waals surface area contributed by atoms with Crippen molar-refractivity contribution in [1.29, 1.82) is 0 Å². The quantitative estimate of drug-likeness (QED) is 0.874. The molecule has 3 aliphatic rings. The average Bonchev–Trinajstić information content (AvgIpc) is 3.19. The molecule has 1 aromatic rings. The maximum absolute atomic E-state index is 12.6. The Hall–Kier alpha value is -1.69. The lowest BCUT2D eigenvalue weighted by Crippen LogP contribution is -2.43. The summed E-state index contributed by atoms with van der Waals surface area (Å²) in [6, 6.07) is 8.02. The Kier molecular flexibility index (Phi) is 3.52. The van der Waals surface area contributed by atoms with Crippen LogP contribution in [0.4, 0.5) is 4.79 Å². The minimum atomic E-state index is -0.739. The van der Waals surface area contributed by atoms with Gasteiger partial charge < -0.3 is 15.3 Å². The summed E-state index contributed by atoms with van der Waals surface area (Å²) in [5, 5.41) is 12.7. The number of nitrogens with zero attached hydrogens (tertiary/aromatic N) is 1. The number of rotatable bonds is 2. The largest absolute Gasteiger partial charge is 0.481 e. The van der Waals surface area contributed by atoms with Crippen LogP contribution in [0.15, 0.2) is 29.2 Å². The van der Waals surface area contributed by atoms with Gasteiger partial charge in [-0.3, -0.25) is 4.79 Å². The summed E-state index contributed by atoms with van der Waals surface area (Å²) in [5.41, 5.74) is 0.456. The van der Waals surface area contributed by atoms with E-state index in [0.717, 1.165) is 24.2 Å². The van der Waals surface area contributed by atoms with Gasteiger partial charge in [0.25, 0.3) is 0 Å². The highest BCUT2D eigenvalue weighted by Gasteiger charge is 2.55. The van der Waals surface area contributed by atoms with E-state index < -0.39 is 11.4 Å². The molecule has 5 nitrogen and oxygen atoms in total. The van der Waals surface area contributed by atoms with Crippen molar-refractivity contribution in [3.63, 3.8) is 0 Å². The van der Waals surface area contributed by atoms with Crippen LogP contribution in [0, 0.1) is 11.3 Å². The number of carbonyl (C=O) groups is 2. The van der Waals surface area contributed by atoms with E-state index in [2.05, 4.69) is 17.4 Å². The Bertz CT molecular complexity index is 665. The van der Waals surface area contributed by atoms with Gasteiger partial charge in [0.1, 0.15) is 0 Å². The highest BCUT2D eigenvalue weighted by molar-refractivity contribution is 7.99. The molecule has 1 saturated heterocycles. The number of thioether (sulfide) groups is 1. The number of fused-ring (bicyclic) bond motifs is 2. The lowest BCUT2D eigenvalue weighted by molar-refractivity contribution is -0.149. The first-order chi connectivity index (χ1) is 11.1. The summed E-state index contributed by atoms with van der Waals surface area (Å²) in [6.45, 7) is 0.917. The minimum absolute atomic E-state index is 0.0184. The number of carboxylic acids is 1. The Morgan fingerprint density at radius 3 is 2.96 bits per heavy atom. The predicted octanol–water partition coefficient (Wildman–Crippen LogP) is 2.73. The number of carboxylic acid groups (broad SMARTS) is 1. The molecule has 0 bridgehead atoms. The van der Waals surface area contributed by atoms with Gasteiger partial charge in [0, 0.05) is 23.7 Å². The molecule has 3 atom stereocenters. The molecule has 6 heteroatoms. The highest BCUT2D eigenvalue weighted by atomic mass is 32.2. The summed E-state index contributed by atoms with van der Waals surface area (Å²) in [6.07, 6.45) is 2.57. The number of benzene rings is 1. The molecule has 122 valence electrons. The van der Waals surface area contributed by atoms with Crippen LogP contribution < -0.4 is 5.32 Å². The molecule has 2 fully saturated rings. The topological polar surface area (TPSA) is 69.6 Å². The molecule has 1 aliphatic carbocycles. The van der Waals surface area contributed by atoms with Gasteiger partial charge >= 0.3 is 12.0 Å². The molecule has 0 aromatic heterocycles. The molecule has 23 heavy (non-hydrogen) atoms. The van der Waals surface area contributed by atoms with Crippen molar-refractivity contribution in [3.8, 4) is 0 Å². The number of amides is 2. The minimum Gasteiger partial charge on any atom is -0.481 e. The number of hydrogen-bond acceptors (Lipinski definition) is 3. The normalized spacial score (nSPS) is 31.7. The van der Waals surface area contributed by atoms with E-state index in [1.165, 1.54) is 4.90 Å². The molecule has 2 aliphatic heterocycles. The summed E-state index contributed by atoms with van der Waals surface area (Å²) in [4.78, 5) is 27.3. The molecule has 2 N–H and O–H groups in total. The maximum Gasteiger partial charge on any atom is 0.317 e. The lowest BCUT2D eigenvalue weighted by atomic mass is 9.81. The molecule has 1 unspecified atom stereocenters. The maximum atomic E-state index is 12.6. The van der Waals surface area contributed by atoms with E-state index in [0.29, 0.717) is 19.5 Å². The average molecular weight is 332 g/mol. The molecule has 1 aromatic carbocycles. The standard InChI is InChI=1S/C17H20N2O3S/c20-15(21)17-7-3-4-11(17)8-19(10-17)16(22)18-13-9-23-14-6-2-1-5-12(13)14/h1-2,5-6,11,13H,3-4,7-10H2,(H,18,22)(H,20,21)/t11-,13?,17+/m0/s1. The summed E-state index contributed by atoms with van der Waals surface area (Å²) in [7, 11) is 0. The number of likely N-dealkylation sites (tertiary alicyclic amines) is 1. The fourth-order valence-electron chi connectivity index (χ4n) is 4.32. The summed E-state index contributed by atoms with van der Waals surface area (Å²) < 4.78 is 0. The van der Waals surface area contributed by atoms with Crippen molar-refractivity contribution < 1.29 is 14.7 Å². The van der Waals surface area contributed by atoms with Crippen LogP contribution in [-0.4, -0.2) is 40.8 Å². The number of hydrogen-bond donors (Lipinski definition) is 2. The van der Waals surface area contributed by atoms with Crippen LogP contribution in [0.2, 0.25) is 0 Å². The lowest BCUT2D eigenvalue weighted by Gasteiger charge is -2.24. The first kappa shape index (κ1) is 14.9. The molecule has 4 rings (SSSR count). The number of nitrogens with one attached hydrogen (secondary N) is 1. The van der Waals surface area contributed by atoms with Gasteiger partial charge in [0.05, 0.1) is 11.5 Å². The van der Waals surface area contributed by atoms with E-state index >= 15 is 0 Å². The van der Waals surface area contributed by atoms with Gasteiger partial charge in [0.15, 0.2) is 0 Å². The van der Waals surface area contributed by atoms with E-state index in [-0.39, 0.29) is 18.0 Å². The van der Waals surface area contributed by atoms with Crippen molar-refractivity contribution >= 4 is 23.8 Å². The van der Waals surface area contributed by atoms with Gasteiger partial charge in [-0.2, -0.15) is 0 Å². The van der Waals surface area contributed by atoms with E-state index in [1.807, 2.05) is 12.1 Å². The monoisotopic (exact) mass is 332 g/mol. The van der Waals surface area contributed by atoms with Crippen molar-refractivity contribution in [1.82, 2.24) is 10.2 Å². The second kappa shape index (κ2) is 5.44. The third kappa shape index (κ3) is 2.31. The van der Waals surface area contributed by atoms with Crippen molar-refractivity contribution in [2.24, 2.45) is 11.3 Å². The van der Waals surface area contributed by atoms with Gasteiger partial charge in [-0.15, -0.1) is 11.8 Å². The third-order valence-electron chi connectivity index (χ3n) is 5.58. The summed E-state index contributed by atoms with van der Waals surface area (Å²) in [5.74, 6) is 0.208. The zero-order chi connectivity index (χ0) is 16.0. The molecule has 1 saturated carbocycles. The van der Waals surface area contributed by atoms with Crippen molar-refractivity contribution in [2.45, 2.75) is 30.2 Å². The van der Waals surface area contributed by atoms with E-state index in [4.69, 9.17) is 0 Å². The van der Waals surface area contributed by atoms with Gasteiger partial charge in [0.2, 0.25) is 0 Å². The molecule has 0 radical (unpaired) electrons. The molecular weight excluding hydrogens is 312 g/mol. The number of urea groups is 1. The van der Waals surface area contributed by atoms with E-state index in [1.54, 1.807) is 16.7 Å². The second-order valence-electron chi connectivity index (χ2n) is 6.78. The van der Waals surface area contributed by atoms with Crippen molar-refractivity contribution in [2.75, 3.05) is 18.8 Å². The first-order valence-electron chi connectivity index (χ1n) is 8.11. The van der Waals surface area contributed by atoms with Crippen LogP contribution in [-0.2, 0) is 4.79 Å². The molecular formula is C17H20N2O3S. The van der Waals surface area contributed by atoms with Crippen LogP contribution in [0.1, 0.15) is 30.9 Å². The van der Waals surface area contributed by atoms with Gasteiger partial charge in [-0.25, -0.2) is 4.79 Å². The van der Waals surface area contributed by atoms with Gasteiger partial charge in [-0.1, -0.05) is 24.6 Å². The summed E-state index contributed by atoms with van der Waals surface area (Å²) >= 11 is 1.75. The fraction of sp³-hybridized carbons (Fsp3) is 0.529. The second-order valence-corrected chi connectivity index (χ2v) is 7.84. The van der Waals surface area contributed by atoms with Crippen LogP contribution >= 0.6 is 11.8 Å². The van der Waals surface area contributed by atoms with E-state index in [9.17, 15) is 14.7 Å². The van der Waals surface area contributed by atoms with Crippen LogP contribution in [0.3, 0.4) is 0 Å². The van der Waals surface area contributed by atoms with Crippen LogP contribution in [0.25, 0.3) is 0 Å². The Labute approximate surface area is 139 Å².